The van der Waals surface area contributed by atoms with Crippen molar-refractivity contribution < 1.29 is 48.0 Å². The molecule has 1 saturated heterocycles. The van der Waals surface area contributed by atoms with Gasteiger partial charge < -0.3 is 38.5 Å². The van der Waals surface area contributed by atoms with E-state index in [-0.39, 0.29) is 24.3 Å². The van der Waals surface area contributed by atoms with E-state index in [0.29, 0.717) is 18.4 Å². The Bertz CT molecular complexity index is 1110. The van der Waals surface area contributed by atoms with E-state index >= 15 is 0 Å². The van der Waals surface area contributed by atoms with Gasteiger partial charge in [-0.1, -0.05) is 39.0 Å². The fraction of sp³-hybridized carbons (Fsp3) is 0.706. The number of hydrogen-bond donors (Lipinski definition) is 1. The minimum absolute atomic E-state index is 0.226. The molecule has 0 saturated carbocycles. The second kappa shape index (κ2) is 17.3. The second-order valence-corrected chi connectivity index (χ2v) is 12.8. The van der Waals surface area contributed by atoms with Gasteiger partial charge in [0.1, 0.15) is 6.29 Å². The van der Waals surface area contributed by atoms with E-state index in [9.17, 15) is 24.3 Å². The number of ketones is 1. The lowest BCUT2D eigenvalue weighted by atomic mass is 9.78. The van der Waals surface area contributed by atoms with Gasteiger partial charge in [-0.05, 0) is 73.2 Å². The van der Waals surface area contributed by atoms with Gasteiger partial charge in [0.15, 0.2) is 24.3 Å². The van der Waals surface area contributed by atoms with E-state index in [1.807, 2.05) is 25.9 Å². The fourth-order valence-electron chi connectivity index (χ4n) is 5.98. The third kappa shape index (κ3) is 10.1. The number of nitrogens with zero attached hydrogens (tertiary/aromatic N) is 1. The summed E-state index contributed by atoms with van der Waals surface area (Å²) in [5.74, 6) is -3.79. The van der Waals surface area contributed by atoms with Crippen molar-refractivity contribution in [2.24, 2.45) is 17.8 Å². The summed E-state index contributed by atoms with van der Waals surface area (Å²) >= 11 is 0. The Morgan fingerprint density at radius 3 is 2.29 bits per heavy atom. The number of esters is 2. The first kappa shape index (κ1) is 38.5. The average Bonchev–Trinajstić information content (AvgIpc) is 3.01. The lowest BCUT2D eigenvalue weighted by molar-refractivity contribution is -0.300. The summed E-state index contributed by atoms with van der Waals surface area (Å²) in [6.07, 6.45) is -3.49. The molecule has 0 aliphatic carbocycles. The molecular weight excluding hydrogens is 582 g/mol. The predicted octanol–water partition coefficient (Wildman–Crippen LogP) is 3.84. The number of benzene rings is 1. The standard InChI is InChI=1S/C34H53NO10/c1-11-27(24(6)37)43-31(39)23(5)28(38)22(4)30(34(7,41-10)18-20(2)19-36)45-33-29(26(35(8)9)17-21(3)42-33)44-32(40)25-15-13-12-14-16-25/h12-16,19-23,26-30,33,38H,11,17-18H2,1-10H3/t20-,21-,22+,23-,26+,27-,28+,29-,30-,33?,34-/m1/s1. The molecular formula is C34H53NO10. The number of aldehydes is 1. The van der Waals surface area contributed by atoms with Crippen LogP contribution in [0.5, 0.6) is 0 Å². The lowest BCUT2D eigenvalue weighted by Gasteiger charge is -2.48. The molecule has 0 aromatic heterocycles. The third-order valence-electron chi connectivity index (χ3n) is 8.79. The van der Waals surface area contributed by atoms with Crippen LogP contribution in [0, 0.1) is 17.8 Å². The molecule has 2 rings (SSSR count). The number of hydrogen-bond acceptors (Lipinski definition) is 11. The van der Waals surface area contributed by atoms with Crippen molar-refractivity contribution in [3.63, 3.8) is 0 Å². The van der Waals surface area contributed by atoms with Crippen LogP contribution in [0.4, 0.5) is 0 Å². The van der Waals surface area contributed by atoms with Crippen molar-refractivity contribution in [1.82, 2.24) is 4.90 Å². The second-order valence-electron chi connectivity index (χ2n) is 12.8. The highest BCUT2D eigenvalue weighted by Crippen LogP contribution is 2.37. The zero-order valence-electron chi connectivity index (χ0n) is 28.4. The van der Waals surface area contributed by atoms with Gasteiger partial charge >= 0.3 is 11.9 Å². The van der Waals surface area contributed by atoms with Gasteiger partial charge in [-0.25, -0.2) is 4.79 Å². The largest absolute Gasteiger partial charge is 0.454 e. The molecule has 0 spiro atoms. The maximum atomic E-state index is 13.3. The Kier molecular flexibility index (Phi) is 14.8. The molecule has 11 nitrogen and oxygen atoms in total. The number of ether oxygens (including phenoxy) is 5. The van der Waals surface area contributed by atoms with Gasteiger partial charge in [-0.15, -0.1) is 0 Å². The first-order valence-electron chi connectivity index (χ1n) is 15.7. The van der Waals surface area contributed by atoms with Gasteiger partial charge in [-0.3, -0.25) is 9.59 Å². The average molecular weight is 636 g/mol. The topological polar surface area (TPSA) is 138 Å². The third-order valence-corrected chi connectivity index (χ3v) is 8.79. The number of Topliss-reactive ketones (excluding diaryl/α,β-unsaturated/α-hetero) is 1. The number of carbonyl (C=O) groups is 4. The van der Waals surface area contributed by atoms with Crippen molar-refractivity contribution >= 4 is 24.0 Å². The molecule has 1 aliphatic heterocycles. The number of likely N-dealkylation sites (N-methyl/N-ethyl adjacent to an activating group) is 1. The molecule has 1 fully saturated rings. The van der Waals surface area contributed by atoms with Gasteiger partial charge in [0.25, 0.3) is 0 Å². The summed E-state index contributed by atoms with van der Waals surface area (Å²) in [4.78, 5) is 51.9. The molecule has 11 heteroatoms. The summed E-state index contributed by atoms with van der Waals surface area (Å²) in [6.45, 7) is 11.7. The highest BCUT2D eigenvalue weighted by atomic mass is 16.7. The normalized spacial score (nSPS) is 25.6. The molecule has 1 aromatic rings. The summed E-state index contributed by atoms with van der Waals surface area (Å²) < 4.78 is 30.5. The van der Waals surface area contributed by atoms with Crippen LogP contribution < -0.4 is 0 Å². The Balaban J connectivity index is 2.52. The summed E-state index contributed by atoms with van der Waals surface area (Å²) in [5.41, 5.74) is -0.779. The van der Waals surface area contributed by atoms with Crippen molar-refractivity contribution in [2.45, 2.75) is 116 Å². The molecule has 1 aliphatic rings. The first-order valence-corrected chi connectivity index (χ1v) is 15.7. The Labute approximate surface area is 267 Å². The van der Waals surface area contributed by atoms with Crippen molar-refractivity contribution in [3.8, 4) is 0 Å². The smallest absolute Gasteiger partial charge is 0.338 e. The lowest BCUT2D eigenvalue weighted by Crippen LogP contribution is -2.60. The van der Waals surface area contributed by atoms with Crippen LogP contribution in [0.2, 0.25) is 0 Å². The molecule has 0 amide bonds. The van der Waals surface area contributed by atoms with Crippen LogP contribution in [0.25, 0.3) is 0 Å². The first-order chi connectivity index (χ1) is 21.1. The number of carbonyl (C=O) groups excluding carboxylic acids is 4. The van der Waals surface area contributed by atoms with Crippen molar-refractivity contribution in [1.29, 1.82) is 0 Å². The Morgan fingerprint density at radius 1 is 1.16 bits per heavy atom. The minimum Gasteiger partial charge on any atom is -0.454 e. The number of rotatable bonds is 17. The predicted molar refractivity (Wildman–Crippen MR) is 167 cm³/mol. The van der Waals surface area contributed by atoms with Gasteiger partial charge in [0.2, 0.25) is 0 Å². The van der Waals surface area contributed by atoms with E-state index in [4.69, 9.17) is 23.7 Å². The van der Waals surface area contributed by atoms with Gasteiger partial charge in [-0.2, -0.15) is 0 Å². The Morgan fingerprint density at radius 2 is 1.78 bits per heavy atom. The Hall–Kier alpha value is -2.70. The molecule has 0 bridgehead atoms. The molecule has 1 unspecified atom stereocenters. The van der Waals surface area contributed by atoms with Gasteiger partial charge in [0.05, 0.1) is 41.4 Å². The molecule has 11 atom stereocenters. The van der Waals surface area contributed by atoms with Crippen LogP contribution in [-0.2, 0) is 38.1 Å². The van der Waals surface area contributed by atoms with Crippen LogP contribution in [0.15, 0.2) is 30.3 Å². The van der Waals surface area contributed by atoms with Crippen LogP contribution in [-0.4, -0.2) is 104 Å². The monoisotopic (exact) mass is 635 g/mol. The highest BCUT2D eigenvalue weighted by molar-refractivity contribution is 5.89. The van der Waals surface area contributed by atoms with E-state index in [1.165, 1.54) is 21.0 Å². The molecule has 0 radical (unpaired) electrons. The van der Waals surface area contributed by atoms with Crippen LogP contribution in [0.3, 0.4) is 0 Å². The SMILES string of the molecule is CC[C@@H](OC(=O)[C@H](C)[C@@H](O)[C@H](C)[C@@H](OC1O[C@H](C)C[C@H](N(C)C)[C@H]1OC(=O)c1ccccc1)[C@@](C)(C[C@@H](C)C=O)OC)C(C)=O. The molecule has 1 N–H and O–H groups in total. The fourth-order valence-corrected chi connectivity index (χ4v) is 5.98. The number of aliphatic hydroxyl groups is 1. The quantitative estimate of drug-likeness (QED) is 0.197. The van der Waals surface area contributed by atoms with Gasteiger partial charge in [0, 0.05) is 18.9 Å². The molecule has 1 aromatic carbocycles. The van der Waals surface area contributed by atoms with Crippen LogP contribution in [0.1, 0.15) is 78.1 Å². The van der Waals surface area contributed by atoms with Crippen molar-refractivity contribution in [3.05, 3.63) is 35.9 Å². The summed E-state index contributed by atoms with van der Waals surface area (Å²) in [7, 11) is 5.26. The van der Waals surface area contributed by atoms with E-state index < -0.39 is 66.0 Å². The molecule has 1 heterocycles. The summed E-state index contributed by atoms with van der Waals surface area (Å²) in [6, 6.07) is 8.34. The zero-order chi connectivity index (χ0) is 34.1. The maximum absolute atomic E-state index is 13.3. The summed E-state index contributed by atoms with van der Waals surface area (Å²) in [5, 5.41) is 11.6. The number of methoxy groups -OCH3 is 1. The van der Waals surface area contributed by atoms with Crippen molar-refractivity contribution in [2.75, 3.05) is 21.2 Å². The van der Waals surface area contributed by atoms with E-state index in [0.717, 1.165) is 6.29 Å². The zero-order valence-corrected chi connectivity index (χ0v) is 28.4. The highest BCUT2D eigenvalue weighted by Gasteiger charge is 2.50. The minimum atomic E-state index is -1.30. The van der Waals surface area contributed by atoms with Crippen LogP contribution >= 0.6 is 0 Å². The maximum Gasteiger partial charge on any atom is 0.338 e. The van der Waals surface area contributed by atoms with E-state index in [2.05, 4.69) is 0 Å². The molecule has 45 heavy (non-hydrogen) atoms. The number of aliphatic hydroxyl groups excluding tert-OH is 1. The molecule has 254 valence electrons. The van der Waals surface area contributed by atoms with E-state index in [1.54, 1.807) is 58.0 Å².